The van der Waals surface area contributed by atoms with Crippen molar-refractivity contribution in [3.05, 3.63) is 12.2 Å². The minimum Gasteiger partial charge on any atom is -0.362 e. The molecule has 0 saturated heterocycles. The molecule has 0 aromatic rings. The summed E-state index contributed by atoms with van der Waals surface area (Å²) in [5, 5.41) is 9.11. The zero-order chi connectivity index (χ0) is 8.20. The minimum absolute atomic E-state index is 0.114. The molecular weight excluding hydrogens is 132 g/mol. The summed E-state index contributed by atoms with van der Waals surface area (Å²) in [5.41, 5.74) is 0. The van der Waals surface area contributed by atoms with Gasteiger partial charge in [0.25, 0.3) is 0 Å². The number of rotatable bonds is 3. The quantitative estimate of drug-likeness (QED) is 0.463. The third kappa shape index (κ3) is 4.23. The predicted molar refractivity (Wildman–Crippen MR) is 37.5 cm³/mol. The number of aliphatic hydroxyl groups is 1. The molecule has 0 rings (SSSR count). The monoisotopic (exact) mass is 144 g/mol. The van der Waals surface area contributed by atoms with Gasteiger partial charge in [0.05, 0.1) is 0 Å². The number of hydrogen-bond donors (Lipinski definition) is 1. The highest BCUT2D eigenvalue weighted by molar-refractivity contribution is 5.87. The molecule has 0 heterocycles. The number of carbonyl (C=O) groups is 1. The van der Waals surface area contributed by atoms with Crippen LogP contribution in [0.4, 0.5) is 0 Å². The fraction of sp³-hybridized carbons (Fsp3) is 0.571. The van der Waals surface area contributed by atoms with Crippen molar-refractivity contribution >= 4 is 5.78 Å². The second-order valence-corrected chi connectivity index (χ2v) is 2.20. The van der Waals surface area contributed by atoms with Crippen molar-refractivity contribution in [2.75, 3.05) is 7.11 Å². The summed E-state index contributed by atoms with van der Waals surface area (Å²) in [7, 11) is 1.37. The molecule has 0 bridgehead atoms. The van der Waals surface area contributed by atoms with Crippen molar-refractivity contribution < 1.29 is 14.6 Å². The van der Waals surface area contributed by atoms with Crippen LogP contribution in [0.15, 0.2) is 12.2 Å². The van der Waals surface area contributed by atoms with Crippen LogP contribution in [0.25, 0.3) is 0 Å². The fourth-order valence-corrected chi connectivity index (χ4v) is 0.340. The molecule has 0 amide bonds. The van der Waals surface area contributed by atoms with Gasteiger partial charge in [-0.05, 0) is 26.0 Å². The van der Waals surface area contributed by atoms with Gasteiger partial charge in [-0.15, -0.1) is 0 Å². The van der Waals surface area contributed by atoms with E-state index < -0.39 is 5.79 Å². The molecule has 1 atom stereocenters. The van der Waals surface area contributed by atoms with Crippen LogP contribution in [0.1, 0.15) is 13.8 Å². The first-order valence-corrected chi connectivity index (χ1v) is 2.95. The Morgan fingerprint density at radius 3 is 2.50 bits per heavy atom. The number of carbonyl (C=O) groups excluding carboxylic acids is 1. The van der Waals surface area contributed by atoms with E-state index in [1.165, 1.54) is 33.1 Å². The first-order valence-electron chi connectivity index (χ1n) is 2.95. The number of allylic oxidation sites excluding steroid dienone is 1. The molecule has 58 valence electrons. The van der Waals surface area contributed by atoms with E-state index in [2.05, 4.69) is 4.74 Å². The molecular formula is C7H12O3. The first-order chi connectivity index (χ1) is 4.48. The van der Waals surface area contributed by atoms with Crippen LogP contribution in [0.5, 0.6) is 0 Å². The molecule has 0 radical (unpaired) electrons. The SMILES string of the molecule is COC(C)(O)/C=C\C(C)=O. The molecule has 1 unspecified atom stereocenters. The van der Waals surface area contributed by atoms with Crippen LogP contribution in [0.2, 0.25) is 0 Å². The van der Waals surface area contributed by atoms with Gasteiger partial charge >= 0.3 is 0 Å². The predicted octanol–water partition coefficient (Wildman–Crippen LogP) is 0.486. The molecule has 1 N–H and O–H groups in total. The normalized spacial score (nSPS) is 17.2. The van der Waals surface area contributed by atoms with Crippen LogP contribution < -0.4 is 0 Å². The van der Waals surface area contributed by atoms with Crippen LogP contribution >= 0.6 is 0 Å². The van der Waals surface area contributed by atoms with Gasteiger partial charge in [-0.2, -0.15) is 0 Å². The molecule has 3 nitrogen and oxygen atoms in total. The van der Waals surface area contributed by atoms with Gasteiger partial charge in [0, 0.05) is 7.11 Å². The zero-order valence-electron chi connectivity index (χ0n) is 6.42. The van der Waals surface area contributed by atoms with Gasteiger partial charge in [0.2, 0.25) is 0 Å². The Hall–Kier alpha value is -0.670. The lowest BCUT2D eigenvalue weighted by Gasteiger charge is -2.15. The molecule has 0 aromatic heterocycles. The van der Waals surface area contributed by atoms with Crippen LogP contribution in [-0.2, 0) is 9.53 Å². The Bertz CT molecular complexity index is 147. The topological polar surface area (TPSA) is 46.5 Å². The fourth-order valence-electron chi connectivity index (χ4n) is 0.340. The number of hydrogen-bond acceptors (Lipinski definition) is 3. The molecule has 10 heavy (non-hydrogen) atoms. The van der Waals surface area contributed by atoms with Crippen molar-refractivity contribution in [3.63, 3.8) is 0 Å². The summed E-state index contributed by atoms with van der Waals surface area (Å²) < 4.78 is 4.60. The minimum atomic E-state index is -1.33. The Morgan fingerprint density at radius 1 is 1.70 bits per heavy atom. The van der Waals surface area contributed by atoms with Crippen molar-refractivity contribution in [1.82, 2.24) is 0 Å². The third-order valence-corrected chi connectivity index (χ3v) is 1.04. The highest BCUT2D eigenvalue weighted by Crippen LogP contribution is 2.04. The maximum Gasteiger partial charge on any atom is 0.182 e. The summed E-state index contributed by atoms with van der Waals surface area (Å²) in [6.07, 6.45) is 2.57. The van der Waals surface area contributed by atoms with Crippen molar-refractivity contribution in [2.24, 2.45) is 0 Å². The molecule has 0 aliphatic heterocycles. The van der Waals surface area contributed by atoms with E-state index >= 15 is 0 Å². The van der Waals surface area contributed by atoms with Crippen molar-refractivity contribution in [1.29, 1.82) is 0 Å². The standard InChI is InChI=1S/C7H12O3/c1-6(8)4-5-7(2,9)10-3/h4-5,9H,1-3H3/b5-4-. The van der Waals surface area contributed by atoms with Gasteiger partial charge < -0.3 is 9.84 Å². The number of methoxy groups -OCH3 is 1. The van der Waals surface area contributed by atoms with Gasteiger partial charge in [0.1, 0.15) is 0 Å². The number of ketones is 1. The summed E-state index contributed by atoms with van der Waals surface area (Å²) in [6, 6.07) is 0. The van der Waals surface area contributed by atoms with Gasteiger partial charge in [0.15, 0.2) is 11.6 Å². The second kappa shape index (κ2) is 3.49. The number of ether oxygens (including phenoxy) is 1. The highest BCUT2D eigenvalue weighted by Gasteiger charge is 2.12. The summed E-state index contributed by atoms with van der Waals surface area (Å²) in [5.74, 6) is -1.44. The third-order valence-electron chi connectivity index (χ3n) is 1.04. The van der Waals surface area contributed by atoms with Crippen LogP contribution in [0.3, 0.4) is 0 Å². The van der Waals surface area contributed by atoms with Gasteiger partial charge in [-0.1, -0.05) is 0 Å². The van der Waals surface area contributed by atoms with Gasteiger partial charge in [-0.25, -0.2) is 0 Å². The van der Waals surface area contributed by atoms with E-state index in [0.717, 1.165) is 0 Å². The molecule has 0 saturated carbocycles. The maximum absolute atomic E-state index is 10.4. The Morgan fingerprint density at radius 2 is 2.20 bits per heavy atom. The zero-order valence-corrected chi connectivity index (χ0v) is 6.42. The molecule has 0 aliphatic carbocycles. The maximum atomic E-state index is 10.4. The lowest BCUT2D eigenvalue weighted by molar-refractivity contribution is -0.131. The van der Waals surface area contributed by atoms with E-state index in [1.54, 1.807) is 0 Å². The molecule has 0 aliphatic rings. The molecule has 0 spiro atoms. The second-order valence-electron chi connectivity index (χ2n) is 2.20. The lowest BCUT2D eigenvalue weighted by atomic mass is 10.2. The van der Waals surface area contributed by atoms with Crippen LogP contribution in [-0.4, -0.2) is 23.8 Å². The highest BCUT2D eigenvalue weighted by atomic mass is 16.6. The molecule has 0 aromatic carbocycles. The largest absolute Gasteiger partial charge is 0.362 e. The molecule has 3 heteroatoms. The van der Waals surface area contributed by atoms with E-state index in [-0.39, 0.29) is 5.78 Å². The van der Waals surface area contributed by atoms with Crippen molar-refractivity contribution in [2.45, 2.75) is 19.6 Å². The summed E-state index contributed by atoms with van der Waals surface area (Å²) in [4.78, 5) is 10.4. The van der Waals surface area contributed by atoms with E-state index in [9.17, 15) is 4.79 Å². The first kappa shape index (κ1) is 9.33. The van der Waals surface area contributed by atoms with Crippen LogP contribution in [0, 0.1) is 0 Å². The smallest absolute Gasteiger partial charge is 0.182 e. The van der Waals surface area contributed by atoms with E-state index in [0.29, 0.717) is 0 Å². The Balaban J connectivity index is 3.99. The summed E-state index contributed by atoms with van der Waals surface area (Å²) in [6.45, 7) is 2.86. The van der Waals surface area contributed by atoms with E-state index in [1.807, 2.05) is 0 Å². The lowest BCUT2D eigenvalue weighted by Crippen LogP contribution is -2.23. The Kier molecular flexibility index (Phi) is 3.25. The summed E-state index contributed by atoms with van der Waals surface area (Å²) >= 11 is 0. The molecule has 0 fully saturated rings. The average Bonchev–Trinajstić information content (AvgIpc) is 1.85. The average molecular weight is 144 g/mol. The van der Waals surface area contributed by atoms with E-state index in [4.69, 9.17) is 5.11 Å². The van der Waals surface area contributed by atoms with Crippen molar-refractivity contribution in [3.8, 4) is 0 Å². The van der Waals surface area contributed by atoms with Gasteiger partial charge in [-0.3, -0.25) is 4.79 Å². The Labute approximate surface area is 60.3 Å².